The third-order valence-corrected chi connectivity index (χ3v) is 5.28. The Morgan fingerprint density at radius 3 is 3.06 bits per heavy atom. The lowest BCUT2D eigenvalue weighted by Gasteiger charge is -2.19. The van der Waals surface area contributed by atoms with Crippen LogP contribution < -0.4 is 5.32 Å². The molecular formula is C12H19N3S2. The number of rotatable bonds is 4. The van der Waals surface area contributed by atoms with Crippen LogP contribution in [0.5, 0.6) is 0 Å². The highest BCUT2D eigenvalue weighted by atomic mass is 32.2. The summed E-state index contributed by atoms with van der Waals surface area (Å²) < 4.78 is 0. The van der Waals surface area contributed by atoms with Gasteiger partial charge >= 0.3 is 0 Å². The fourth-order valence-electron chi connectivity index (χ4n) is 1.61. The van der Waals surface area contributed by atoms with E-state index in [2.05, 4.69) is 29.1 Å². The van der Waals surface area contributed by atoms with Gasteiger partial charge in [0.2, 0.25) is 0 Å². The van der Waals surface area contributed by atoms with Crippen LogP contribution in [-0.4, -0.2) is 33.3 Å². The Morgan fingerprint density at radius 1 is 1.47 bits per heavy atom. The van der Waals surface area contributed by atoms with Crippen LogP contribution in [0, 0.1) is 0 Å². The van der Waals surface area contributed by atoms with Crippen LogP contribution in [0.15, 0.2) is 12.3 Å². The van der Waals surface area contributed by atoms with E-state index in [0.29, 0.717) is 11.3 Å². The summed E-state index contributed by atoms with van der Waals surface area (Å²) in [6, 6.07) is 2.49. The van der Waals surface area contributed by atoms with Gasteiger partial charge in [-0.2, -0.15) is 11.8 Å². The minimum Gasteiger partial charge on any atom is -0.309 e. The first-order valence-electron chi connectivity index (χ1n) is 6.00. The van der Waals surface area contributed by atoms with Crippen molar-refractivity contribution in [2.24, 2.45) is 0 Å². The third kappa shape index (κ3) is 4.16. The van der Waals surface area contributed by atoms with Crippen molar-refractivity contribution in [1.82, 2.24) is 15.3 Å². The zero-order valence-corrected chi connectivity index (χ0v) is 12.0. The van der Waals surface area contributed by atoms with Gasteiger partial charge in [0.15, 0.2) is 0 Å². The third-order valence-electron chi connectivity index (χ3n) is 2.53. The molecule has 1 atom stereocenters. The molecule has 2 rings (SSSR count). The molecule has 0 amide bonds. The minimum absolute atomic E-state index is 0.479. The first kappa shape index (κ1) is 13.2. The van der Waals surface area contributed by atoms with E-state index >= 15 is 0 Å². The number of hydrogen-bond donors (Lipinski definition) is 1. The van der Waals surface area contributed by atoms with Gasteiger partial charge in [0, 0.05) is 36.0 Å². The molecule has 1 fully saturated rings. The Bertz CT molecular complexity index is 351. The second-order valence-electron chi connectivity index (χ2n) is 4.38. The van der Waals surface area contributed by atoms with Gasteiger partial charge in [-0.15, -0.1) is 11.8 Å². The van der Waals surface area contributed by atoms with Crippen molar-refractivity contribution in [2.45, 2.75) is 31.7 Å². The molecule has 0 radical (unpaired) electrons. The molecule has 0 spiro atoms. The van der Waals surface area contributed by atoms with E-state index in [1.54, 1.807) is 0 Å². The molecule has 3 nitrogen and oxygen atoms in total. The molecule has 17 heavy (non-hydrogen) atoms. The molecule has 1 saturated heterocycles. The molecule has 1 N–H and O–H groups in total. The zero-order chi connectivity index (χ0) is 12.1. The van der Waals surface area contributed by atoms with Gasteiger partial charge < -0.3 is 5.32 Å². The van der Waals surface area contributed by atoms with E-state index in [1.165, 1.54) is 11.5 Å². The highest BCUT2D eigenvalue weighted by molar-refractivity contribution is 8.06. The lowest BCUT2D eigenvalue weighted by Crippen LogP contribution is -2.23. The quantitative estimate of drug-likeness (QED) is 0.909. The van der Waals surface area contributed by atoms with Crippen LogP contribution in [0.2, 0.25) is 0 Å². The summed E-state index contributed by atoms with van der Waals surface area (Å²) in [5.41, 5.74) is 1.10. The fourth-order valence-corrected chi connectivity index (χ4v) is 4.22. The number of hydrogen-bond acceptors (Lipinski definition) is 5. The lowest BCUT2D eigenvalue weighted by molar-refractivity contribution is 0.579. The van der Waals surface area contributed by atoms with Gasteiger partial charge in [-0.3, -0.25) is 0 Å². The molecular weight excluding hydrogens is 250 g/mol. The molecule has 0 saturated carbocycles. The normalized spacial score (nSPS) is 20.8. The number of nitrogens with one attached hydrogen (secondary N) is 1. The molecule has 1 unspecified atom stereocenters. The average molecular weight is 269 g/mol. The molecule has 0 aliphatic carbocycles. The van der Waals surface area contributed by atoms with Crippen LogP contribution in [0.1, 0.15) is 30.6 Å². The maximum Gasteiger partial charge on any atom is 0.142 e. The van der Waals surface area contributed by atoms with Crippen LogP contribution in [0.25, 0.3) is 0 Å². The Kier molecular flexibility index (Phi) is 5.13. The van der Waals surface area contributed by atoms with Crippen LogP contribution in [-0.2, 0) is 6.54 Å². The van der Waals surface area contributed by atoms with Crippen molar-refractivity contribution in [1.29, 1.82) is 0 Å². The molecule has 1 aliphatic rings. The van der Waals surface area contributed by atoms with E-state index < -0.39 is 0 Å². The van der Waals surface area contributed by atoms with Crippen molar-refractivity contribution >= 4 is 23.5 Å². The van der Waals surface area contributed by atoms with Crippen molar-refractivity contribution in [2.75, 3.05) is 17.3 Å². The first-order valence-corrected chi connectivity index (χ1v) is 8.20. The summed E-state index contributed by atoms with van der Waals surface area (Å²) >= 11 is 3.99. The maximum atomic E-state index is 4.66. The van der Waals surface area contributed by atoms with Crippen molar-refractivity contribution in [3.63, 3.8) is 0 Å². The number of aromatic nitrogens is 2. The molecule has 1 aromatic rings. The summed E-state index contributed by atoms with van der Waals surface area (Å²) in [5.74, 6) is 4.62. The van der Waals surface area contributed by atoms with Gasteiger partial charge in [-0.05, 0) is 6.07 Å². The summed E-state index contributed by atoms with van der Waals surface area (Å²) in [6.07, 6.45) is 1.89. The van der Waals surface area contributed by atoms with Crippen LogP contribution in [0.3, 0.4) is 0 Å². The smallest absolute Gasteiger partial charge is 0.142 e. The molecule has 94 valence electrons. The van der Waals surface area contributed by atoms with Crippen molar-refractivity contribution in [3.8, 4) is 0 Å². The highest BCUT2D eigenvalue weighted by Gasteiger charge is 2.19. The molecule has 1 aromatic heterocycles. The van der Waals surface area contributed by atoms with E-state index in [0.717, 1.165) is 23.8 Å². The lowest BCUT2D eigenvalue weighted by atomic mass is 10.3. The van der Waals surface area contributed by atoms with Crippen LogP contribution in [0.4, 0.5) is 0 Å². The predicted molar refractivity (Wildman–Crippen MR) is 76.5 cm³/mol. The fraction of sp³-hybridized carbons (Fsp3) is 0.667. The minimum atomic E-state index is 0.479. The number of thioether (sulfide) groups is 2. The summed E-state index contributed by atoms with van der Waals surface area (Å²) in [6.45, 7) is 5.13. The second kappa shape index (κ2) is 6.61. The Morgan fingerprint density at radius 2 is 2.35 bits per heavy atom. The largest absolute Gasteiger partial charge is 0.309 e. The highest BCUT2D eigenvalue weighted by Crippen LogP contribution is 2.34. The molecule has 0 aromatic carbocycles. The van der Waals surface area contributed by atoms with E-state index in [-0.39, 0.29) is 0 Å². The van der Waals surface area contributed by atoms with Gasteiger partial charge in [0.1, 0.15) is 5.82 Å². The van der Waals surface area contributed by atoms with Crippen molar-refractivity contribution < 1.29 is 0 Å². The molecule has 2 heterocycles. The predicted octanol–water partition coefficient (Wildman–Crippen LogP) is 2.50. The molecule has 0 bridgehead atoms. The van der Waals surface area contributed by atoms with E-state index in [1.807, 2.05) is 35.8 Å². The van der Waals surface area contributed by atoms with Gasteiger partial charge in [-0.1, -0.05) is 13.8 Å². The standard InChI is InChI=1S/C12H19N3S2/c1-9(2)14-7-10-3-4-13-12(15-10)11-8-16-5-6-17-11/h3-4,9,11,14H,5-8H2,1-2H3. The van der Waals surface area contributed by atoms with Crippen molar-refractivity contribution in [3.05, 3.63) is 23.8 Å². The summed E-state index contributed by atoms with van der Waals surface area (Å²) in [7, 11) is 0. The molecule has 5 heteroatoms. The maximum absolute atomic E-state index is 4.66. The Labute approximate surface area is 112 Å². The van der Waals surface area contributed by atoms with Crippen LogP contribution >= 0.6 is 23.5 Å². The SMILES string of the molecule is CC(C)NCc1ccnc(C2CSCCS2)n1. The zero-order valence-electron chi connectivity index (χ0n) is 10.3. The van der Waals surface area contributed by atoms with Gasteiger partial charge in [-0.25, -0.2) is 9.97 Å². The average Bonchev–Trinajstić information content (AvgIpc) is 2.38. The van der Waals surface area contributed by atoms with E-state index in [4.69, 9.17) is 0 Å². The topological polar surface area (TPSA) is 37.8 Å². The van der Waals surface area contributed by atoms with Gasteiger partial charge in [0.25, 0.3) is 0 Å². The second-order valence-corrected chi connectivity index (χ2v) is 6.84. The van der Waals surface area contributed by atoms with E-state index in [9.17, 15) is 0 Å². The Balaban J connectivity index is 2.00. The first-order chi connectivity index (χ1) is 8.25. The summed E-state index contributed by atoms with van der Waals surface area (Å²) in [5, 5.41) is 3.87. The Hall–Kier alpha value is -0.260. The monoisotopic (exact) mass is 269 g/mol. The summed E-state index contributed by atoms with van der Waals surface area (Å²) in [4.78, 5) is 9.08. The van der Waals surface area contributed by atoms with Gasteiger partial charge in [0.05, 0.1) is 10.9 Å². The number of nitrogens with zero attached hydrogens (tertiary/aromatic N) is 2. The molecule has 1 aliphatic heterocycles.